The van der Waals surface area contributed by atoms with Gasteiger partial charge >= 0.3 is 0 Å². The van der Waals surface area contributed by atoms with Gasteiger partial charge in [-0.2, -0.15) is 0 Å². The number of hydrogen-bond acceptors (Lipinski definition) is 3. The summed E-state index contributed by atoms with van der Waals surface area (Å²) in [4.78, 5) is 15.3. The van der Waals surface area contributed by atoms with Gasteiger partial charge in [0.1, 0.15) is 12.4 Å². The number of para-hydroxylation sites is 1. The van der Waals surface area contributed by atoms with E-state index in [9.17, 15) is 4.79 Å². The number of nitrogens with zero attached hydrogens (tertiary/aromatic N) is 1. The van der Waals surface area contributed by atoms with Crippen molar-refractivity contribution in [3.05, 3.63) is 59.9 Å². The number of benzene rings is 1. The molecule has 0 fully saturated rings. The Bertz CT molecular complexity index is 512. The van der Waals surface area contributed by atoms with Crippen molar-refractivity contribution in [3.63, 3.8) is 0 Å². The quantitative estimate of drug-likeness (QED) is 0.867. The molecule has 0 saturated carbocycles. The molecule has 1 aromatic carbocycles. The van der Waals surface area contributed by atoms with Crippen LogP contribution in [0.5, 0.6) is 5.75 Å². The molecule has 2 aromatic rings. The third-order valence-corrected chi connectivity index (χ3v) is 2.25. The lowest BCUT2D eigenvalue weighted by molar-refractivity contribution is 0.0996. The lowest BCUT2D eigenvalue weighted by Gasteiger charge is -2.08. The van der Waals surface area contributed by atoms with Crippen molar-refractivity contribution >= 4 is 5.91 Å². The van der Waals surface area contributed by atoms with Crippen LogP contribution in [0, 0.1) is 0 Å². The molecule has 0 aliphatic rings. The third-order valence-electron chi connectivity index (χ3n) is 2.25. The highest BCUT2D eigenvalue weighted by atomic mass is 16.5. The van der Waals surface area contributed by atoms with Gasteiger partial charge < -0.3 is 10.5 Å². The average Bonchev–Trinajstić information content (AvgIpc) is 2.38. The number of carbonyl (C=O) groups is 1. The molecule has 1 amide bonds. The van der Waals surface area contributed by atoms with Crippen LogP contribution in [0.1, 0.15) is 16.1 Å². The first-order valence-electron chi connectivity index (χ1n) is 5.19. The van der Waals surface area contributed by atoms with Crippen LogP contribution in [0.3, 0.4) is 0 Å². The highest BCUT2D eigenvalue weighted by Gasteiger charge is 2.08. The standard InChI is InChI=1S/C13H12N2O2/c14-13(16)11-6-1-2-7-12(11)17-9-10-5-3-4-8-15-10/h1-8H,9H2,(H2,14,16). The normalized spacial score (nSPS) is 9.88. The molecule has 2 rings (SSSR count). The molecule has 0 atom stereocenters. The maximum absolute atomic E-state index is 11.2. The van der Waals surface area contributed by atoms with Crippen LogP contribution in [0.4, 0.5) is 0 Å². The second-order valence-electron chi connectivity index (χ2n) is 3.47. The number of hydrogen-bond donors (Lipinski definition) is 1. The monoisotopic (exact) mass is 228 g/mol. The minimum atomic E-state index is -0.498. The largest absolute Gasteiger partial charge is 0.486 e. The van der Waals surface area contributed by atoms with E-state index in [2.05, 4.69) is 4.98 Å². The van der Waals surface area contributed by atoms with E-state index >= 15 is 0 Å². The molecule has 0 aliphatic carbocycles. The van der Waals surface area contributed by atoms with Crippen molar-refractivity contribution in [1.82, 2.24) is 4.98 Å². The van der Waals surface area contributed by atoms with E-state index in [1.54, 1.807) is 30.5 Å². The van der Waals surface area contributed by atoms with E-state index in [0.29, 0.717) is 17.9 Å². The Hall–Kier alpha value is -2.36. The van der Waals surface area contributed by atoms with E-state index < -0.39 is 5.91 Å². The zero-order valence-corrected chi connectivity index (χ0v) is 9.17. The van der Waals surface area contributed by atoms with Crippen LogP contribution >= 0.6 is 0 Å². The topological polar surface area (TPSA) is 65.2 Å². The van der Waals surface area contributed by atoms with Crippen LogP contribution in [0.15, 0.2) is 48.7 Å². The fourth-order valence-electron chi connectivity index (χ4n) is 1.43. The number of aromatic nitrogens is 1. The lowest BCUT2D eigenvalue weighted by Crippen LogP contribution is -2.13. The molecule has 0 bridgehead atoms. The molecule has 0 spiro atoms. The fraction of sp³-hybridized carbons (Fsp3) is 0.0769. The second kappa shape index (κ2) is 5.12. The van der Waals surface area contributed by atoms with Crippen LogP contribution in [-0.2, 0) is 6.61 Å². The highest BCUT2D eigenvalue weighted by molar-refractivity contribution is 5.95. The Morgan fingerprint density at radius 3 is 2.65 bits per heavy atom. The van der Waals surface area contributed by atoms with Gasteiger partial charge in [0, 0.05) is 6.20 Å². The summed E-state index contributed by atoms with van der Waals surface area (Å²) in [5, 5.41) is 0. The molecule has 17 heavy (non-hydrogen) atoms. The number of primary amides is 1. The molecule has 0 aliphatic heterocycles. The lowest BCUT2D eigenvalue weighted by atomic mass is 10.2. The minimum absolute atomic E-state index is 0.311. The van der Waals surface area contributed by atoms with E-state index in [4.69, 9.17) is 10.5 Å². The molecule has 4 nitrogen and oxygen atoms in total. The molecular weight excluding hydrogens is 216 g/mol. The Morgan fingerprint density at radius 2 is 1.94 bits per heavy atom. The van der Waals surface area contributed by atoms with Crippen molar-refractivity contribution in [1.29, 1.82) is 0 Å². The summed E-state index contributed by atoms with van der Waals surface area (Å²) in [6.07, 6.45) is 1.69. The number of ether oxygens (including phenoxy) is 1. The van der Waals surface area contributed by atoms with Crippen LogP contribution in [-0.4, -0.2) is 10.9 Å². The highest BCUT2D eigenvalue weighted by Crippen LogP contribution is 2.18. The van der Waals surface area contributed by atoms with Crippen molar-refractivity contribution in [2.75, 3.05) is 0 Å². The number of rotatable bonds is 4. The van der Waals surface area contributed by atoms with E-state index in [1.165, 1.54) is 0 Å². The summed E-state index contributed by atoms with van der Waals surface area (Å²) in [5.41, 5.74) is 6.43. The van der Waals surface area contributed by atoms with Gasteiger partial charge in [0.05, 0.1) is 11.3 Å². The van der Waals surface area contributed by atoms with Gasteiger partial charge in [0.25, 0.3) is 5.91 Å². The third kappa shape index (κ3) is 2.81. The zero-order valence-electron chi connectivity index (χ0n) is 9.17. The zero-order chi connectivity index (χ0) is 12.1. The number of carbonyl (C=O) groups excluding carboxylic acids is 1. The molecule has 86 valence electrons. The smallest absolute Gasteiger partial charge is 0.252 e. The van der Waals surface area contributed by atoms with Gasteiger partial charge in [-0.1, -0.05) is 18.2 Å². The van der Waals surface area contributed by atoms with Gasteiger partial charge in [-0.05, 0) is 24.3 Å². The van der Waals surface area contributed by atoms with Crippen molar-refractivity contribution in [2.45, 2.75) is 6.61 Å². The van der Waals surface area contributed by atoms with Gasteiger partial charge in [0.15, 0.2) is 0 Å². The SMILES string of the molecule is NC(=O)c1ccccc1OCc1ccccn1. The summed E-state index contributed by atoms with van der Waals surface area (Å²) >= 11 is 0. The second-order valence-corrected chi connectivity index (χ2v) is 3.47. The van der Waals surface area contributed by atoms with Crippen molar-refractivity contribution in [3.8, 4) is 5.75 Å². The molecule has 4 heteroatoms. The molecule has 0 unspecified atom stereocenters. The molecule has 0 radical (unpaired) electrons. The van der Waals surface area contributed by atoms with E-state index in [1.807, 2.05) is 18.2 Å². The van der Waals surface area contributed by atoms with E-state index in [0.717, 1.165) is 5.69 Å². The summed E-state index contributed by atoms with van der Waals surface area (Å²) in [5.74, 6) is -0.0210. The molecular formula is C13H12N2O2. The van der Waals surface area contributed by atoms with Gasteiger partial charge in [0.2, 0.25) is 0 Å². The van der Waals surface area contributed by atoms with Crippen LogP contribution in [0.2, 0.25) is 0 Å². The molecule has 1 aromatic heterocycles. The Balaban J connectivity index is 2.12. The van der Waals surface area contributed by atoms with Crippen molar-refractivity contribution < 1.29 is 9.53 Å². The Morgan fingerprint density at radius 1 is 1.18 bits per heavy atom. The predicted octanol–water partition coefficient (Wildman–Crippen LogP) is 1.76. The number of pyridine rings is 1. The maximum atomic E-state index is 11.2. The first-order valence-corrected chi connectivity index (χ1v) is 5.19. The maximum Gasteiger partial charge on any atom is 0.252 e. The van der Waals surface area contributed by atoms with Gasteiger partial charge in [-0.3, -0.25) is 9.78 Å². The van der Waals surface area contributed by atoms with Gasteiger partial charge in [-0.25, -0.2) is 0 Å². The minimum Gasteiger partial charge on any atom is -0.486 e. The number of nitrogens with two attached hydrogens (primary N) is 1. The Labute approximate surface area is 99.1 Å². The number of amides is 1. The molecule has 0 saturated heterocycles. The van der Waals surface area contributed by atoms with Gasteiger partial charge in [-0.15, -0.1) is 0 Å². The predicted molar refractivity (Wildman–Crippen MR) is 63.5 cm³/mol. The Kier molecular flexibility index (Phi) is 3.35. The van der Waals surface area contributed by atoms with Crippen molar-refractivity contribution in [2.24, 2.45) is 5.73 Å². The summed E-state index contributed by atoms with van der Waals surface area (Å²) < 4.78 is 5.52. The van der Waals surface area contributed by atoms with E-state index in [-0.39, 0.29) is 0 Å². The molecule has 2 N–H and O–H groups in total. The summed E-state index contributed by atoms with van der Waals surface area (Å²) in [7, 11) is 0. The average molecular weight is 228 g/mol. The molecule has 1 heterocycles. The summed E-state index contributed by atoms with van der Waals surface area (Å²) in [6, 6.07) is 12.5. The summed E-state index contributed by atoms with van der Waals surface area (Å²) in [6.45, 7) is 0.311. The van der Waals surface area contributed by atoms with Crippen LogP contribution < -0.4 is 10.5 Å². The fourth-order valence-corrected chi connectivity index (χ4v) is 1.43. The first kappa shape index (κ1) is 11.1. The first-order chi connectivity index (χ1) is 8.27. The van der Waals surface area contributed by atoms with Crippen LogP contribution in [0.25, 0.3) is 0 Å².